The molecular formula is C15H25ClN4O. The molecule has 6 heteroatoms. The Morgan fingerprint density at radius 1 is 1.24 bits per heavy atom. The molecule has 2 heterocycles. The van der Waals surface area contributed by atoms with Crippen molar-refractivity contribution in [3.05, 3.63) is 11.5 Å². The molecule has 118 valence electrons. The number of aromatic nitrogens is 4. The quantitative estimate of drug-likeness (QED) is 0.528. The number of rotatable bonds is 9. The number of unbranched alkanes of at least 4 members (excludes halogenated alkanes) is 2. The largest absolute Gasteiger partial charge is 0.385 e. The summed E-state index contributed by atoms with van der Waals surface area (Å²) in [6.07, 6.45) is 4.19. The lowest BCUT2D eigenvalue weighted by Gasteiger charge is -2.10. The molecular weight excluding hydrogens is 288 g/mol. The lowest BCUT2D eigenvalue weighted by molar-refractivity contribution is 0.191. The van der Waals surface area contributed by atoms with Gasteiger partial charge in [0, 0.05) is 39.1 Å². The van der Waals surface area contributed by atoms with Crippen LogP contribution in [-0.2, 0) is 24.2 Å². The van der Waals surface area contributed by atoms with Gasteiger partial charge in [0.15, 0.2) is 5.65 Å². The third-order valence-corrected chi connectivity index (χ3v) is 3.91. The van der Waals surface area contributed by atoms with Crippen LogP contribution in [-0.4, -0.2) is 38.9 Å². The van der Waals surface area contributed by atoms with Crippen LogP contribution in [0.3, 0.4) is 0 Å². The van der Waals surface area contributed by atoms with E-state index < -0.39 is 0 Å². The molecule has 0 saturated carbocycles. The van der Waals surface area contributed by atoms with Crippen LogP contribution >= 0.6 is 11.6 Å². The van der Waals surface area contributed by atoms with E-state index in [-0.39, 0.29) is 0 Å². The van der Waals surface area contributed by atoms with Gasteiger partial charge in [-0.15, -0.1) is 11.6 Å². The molecule has 0 aromatic carbocycles. The van der Waals surface area contributed by atoms with E-state index in [0.29, 0.717) is 5.88 Å². The predicted molar refractivity (Wildman–Crippen MR) is 86.1 cm³/mol. The molecule has 0 aliphatic carbocycles. The maximum Gasteiger partial charge on any atom is 0.158 e. The van der Waals surface area contributed by atoms with E-state index in [9.17, 15) is 0 Å². The SMILES string of the molecule is CCn1nc(C)c2nc(CCCl)n(CCCCCOC)c21. The number of fused-ring (bicyclic) bond motifs is 1. The summed E-state index contributed by atoms with van der Waals surface area (Å²) in [7, 11) is 1.75. The maximum absolute atomic E-state index is 5.93. The van der Waals surface area contributed by atoms with E-state index in [2.05, 4.69) is 16.6 Å². The Kier molecular flexibility index (Phi) is 6.06. The molecule has 5 nitrogen and oxygen atoms in total. The number of aryl methyl sites for hydroxylation is 4. The molecule has 2 aromatic heterocycles. The standard InChI is InChI=1S/C15H25ClN4O/c1-4-20-15-14(12(2)18-20)17-13(8-9-16)19(15)10-6-5-7-11-21-3/h4-11H2,1-3H3. The summed E-state index contributed by atoms with van der Waals surface area (Å²) < 4.78 is 9.45. The van der Waals surface area contributed by atoms with E-state index in [1.54, 1.807) is 7.11 Å². The molecule has 0 aliphatic rings. The Bertz CT molecular complexity index is 576. The van der Waals surface area contributed by atoms with Crippen molar-refractivity contribution in [1.82, 2.24) is 19.3 Å². The maximum atomic E-state index is 5.93. The highest BCUT2D eigenvalue weighted by atomic mass is 35.5. The molecule has 0 atom stereocenters. The number of nitrogens with zero attached hydrogens (tertiary/aromatic N) is 4. The Balaban J connectivity index is 2.22. The summed E-state index contributed by atoms with van der Waals surface area (Å²) >= 11 is 5.93. The summed E-state index contributed by atoms with van der Waals surface area (Å²) in [5, 5.41) is 4.57. The summed E-state index contributed by atoms with van der Waals surface area (Å²) in [6.45, 7) is 6.80. The van der Waals surface area contributed by atoms with Crippen molar-refractivity contribution in [3.8, 4) is 0 Å². The molecule has 0 aliphatic heterocycles. The lowest BCUT2D eigenvalue weighted by atomic mass is 10.2. The van der Waals surface area contributed by atoms with E-state index in [0.717, 1.165) is 68.1 Å². The topological polar surface area (TPSA) is 44.9 Å². The van der Waals surface area contributed by atoms with Gasteiger partial charge in [0.2, 0.25) is 0 Å². The van der Waals surface area contributed by atoms with Gasteiger partial charge in [-0.1, -0.05) is 0 Å². The highest BCUT2D eigenvalue weighted by Gasteiger charge is 2.17. The van der Waals surface area contributed by atoms with Gasteiger partial charge in [0.05, 0.1) is 5.69 Å². The zero-order valence-electron chi connectivity index (χ0n) is 13.2. The van der Waals surface area contributed by atoms with Gasteiger partial charge in [-0.25, -0.2) is 9.67 Å². The first-order valence-electron chi connectivity index (χ1n) is 7.70. The van der Waals surface area contributed by atoms with E-state index >= 15 is 0 Å². The Hall–Kier alpha value is -1.07. The minimum atomic E-state index is 0.599. The van der Waals surface area contributed by atoms with Crippen LogP contribution in [0.2, 0.25) is 0 Å². The Morgan fingerprint density at radius 2 is 2.05 bits per heavy atom. The molecule has 0 N–H and O–H groups in total. The van der Waals surface area contributed by atoms with E-state index in [1.165, 1.54) is 0 Å². The van der Waals surface area contributed by atoms with Crippen LogP contribution < -0.4 is 0 Å². The Labute approximate surface area is 131 Å². The average molecular weight is 313 g/mol. The van der Waals surface area contributed by atoms with Gasteiger partial charge in [0.1, 0.15) is 11.3 Å². The molecule has 0 amide bonds. The van der Waals surface area contributed by atoms with Crippen LogP contribution in [0.15, 0.2) is 0 Å². The fraction of sp³-hybridized carbons (Fsp3) is 0.733. The molecule has 2 aromatic rings. The molecule has 21 heavy (non-hydrogen) atoms. The number of halogens is 1. The van der Waals surface area contributed by atoms with Crippen LogP contribution in [0.5, 0.6) is 0 Å². The van der Waals surface area contributed by atoms with Crippen molar-refractivity contribution in [1.29, 1.82) is 0 Å². The molecule has 2 rings (SSSR count). The van der Waals surface area contributed by atoms with Gasteiger partial charge in [-0.2, -0.15) is 5.10 Å². The summed E-state index contributed by atoms with van der Waals surface area (Å²) in [5.74, 6) is 1.68. The lowest BCUT2D eigenvalue weighted by Crippen LogP contribution is -2.09. The van der Waals surface area contributed by atoms with Gasteiger partial charge < -0.3 is 9.30 Å². The fourth-order valence-electron chi connectivity index (χ4n) is 2.69. The number of hydrogen-bond acceptors (Lipinski definition) is 3. The third-order valence-electron chi connectivity index (χ3n) is 3.73. The monoisotopic (exact) mass is 312 g/mol. The van der Waals surface area contributed by atoms with Crippen LogP contribution in [0.4, 0.5) is 0 Å². The molecule has 0 unspecified atom stereocenters. The Morgan fingerprint density at radius 3 is 2.71 bits per heavy atom. The van der Waals surface area contributed by atoms with Gasteiger partial charge in [0.25, 0.3) is 0 Å². The van der Waals surface area contributed by atoms with Crippen molar-refractivity contribution in [2.75, 3.05) is 19.6 Å². The number of hydrogen-bond donors (Lipinski definition) is 0. The van der Waals surface area contributed by atoms with Crippen molar-refractivity contribution in [2.24, 2.45) is 0 Å². The second-order valence-corrected chi connectivity index (χ2v) is 5.62. The predicted octanol–water partition coefficient (Wildman–Crippen LogP) is 3.16. The average Bonchev–Trinajstić information content (AvgIpc) is 2.98. The number of alkyl halides is 1. The van der Waals surface area contributed by atoms with Crippen molar-refractivity contribution < 1.29 is 4.74 Å². The summed E-state index contributed by atoms with van der Waals surface area (Å²) in [5.41, 5.74) is 3.16. The number of methoxy groups -OCH3 is 1. The van der Waals surface area contributed by atoms with Crippen LogP contribution in [0, 0.1) is 6.92 Å². The minimum absolute atomic E-state index is 0.599. The first-order chi connectivity index (χ1) is 10.2. The zero-order valence-corrected chi connectivity index (χ0v) is 14.0. The molecule has 0 spiro atoms. The summed E-state index contributed by atoms with van der Waals surface area (Å²) in [4.78, 5) is 4.76. The van der Waals surface area contributed by atoms with Gasteiger partial charge in [-0.3, -0.25) is 0 Å². The normalized spacial score (nSPS) is 11.6. The van der Waals surface area contributed by atoms with Crippen LogP contribution in [0.25, 0.3) is 11.2 Å². The van der Waals surface area contributed by atoms with Crippen molar-refractivity contribution >= 4 is 22.8 Å². The highest BCUT2D eigenvalue weighted by molar-refractivity contribution is 6.17. The molecule has 0 saturated heterocycles. The smallest absolute Gasteiger partial charge is 0.158 e. The first kappa shape index (κ1) is 16.3. The molecule has 0 fully saturated rings. The van der Waals surface area contributed by atoms with Crippen LogP contribution in [0.1, 0.15) is 37.7 Å². The first-order valence-corrected chi connectivity index (χ1v) is 8.23. The number of imidazole rings is 1. The zero-order chi connectivity index (χ0) is 15.2. The molecule has 0 radical (unpaired) electrons. The minimum Gasteiger partial charge on any atom is -0.385 e. The summed E-state index contributed by atoms with van der Waals surface area (Å²) in [6, 6.07) is 0. The van der Waals surface area contributed by atoms with Gasteiger partial charge >= 0.3 is 0 Å². The highest BCUT2D eigenvalue weighted by Crippen LogP contribution is 2.21. The fourth-order valence-corrected chi connectivity index (χ4v) is 2.86. The second-order valence-electron chi connectivity index (χ2n) is 5.25. The van der Waals surface area contributed by atoms with Crippen molar-refractivity contribution in [3.63, 3.8) is 0 Å². The number of ether oxygens (including phenoxy) is 1. The van der Waals surface area contributed by atoms with Gasteiger partial charge in [-0.05, 0) is 33.1 Å². The second kappa shape index (κ2) is 7.80. The third kappa shape index (κ3) is 3.58. The van der Waals surface area contributed by atoms with Crippen molar-refractivity contribution in [2.45, 2.75) is 52.6 Å². The molecule has 0 bridgehead atoms. The van der Waals surface area contributed by atoms with E-state index in [4.69, 9.17) is 21.3 Å². The van der Waals surface area contributed by atoms with E-state index in [1.807, 2.05) is 11.6 Å².